The Morgan fingerprint density at radius 3 is 2.84 bits per heavy atom. The van der Waals surface area contributed by atoms with E-state index in [1.165, 1.54) is 35.7 Å². The van der Waals surface area contributed by atoms with Crippen molar-refractivity contribution in [3.63, 3.8) is 0 Å². The Morgan fingerprint density at radius 2 is 2.06 bits per heavy atom. The summed E-state index contributed by atoms with van der Waals surface area (Å²) in [6.07, 6.45) is 5.88. The van der Waals surface area contributed by atoms with E-state index in [0.29, 0.717) is 23.2 Å². The van der Waals surface area contributed by atoms with Gasteiger partial charge in [-0.15, -0.1) is 0 Å². The lowest BCUT2D eigenvalue weighted by atomic mass is 9.88. The highest BCUT2D eigenvalue weighted by Crippen LogP contribution is 2.39. The Labute approximate surface area is 181 Å². The Morgan fingerprint density at radius 1 is 1.23 bits per heavy atom. The van der Waals surface area contributed by atoms with E-state index in [2.05, 4.69) is 52.4 Å². The average molecular weight is 420 g/mol. The fourth-order valence-corrected chi connectivity index (χ4v) is 4.76. The van der Waals surface area contributed by atoms with E-state index >= 15 is 0 Å². The van der Waals surface area contributed by atoms with E-state index in [-0.39, 0.29) is 13.2 Å². The number of rotatable bonds is 6. The first-order valence-electron chi connectivity index (χ1n) is 11.1. The second kappa shape index (κ2) is 8.32. The SMILES string of the molecule is CC(C)c1c(-c2cc(OCCO)c3ncnn3c2)[nH]c2ccc(C3CCNCC3)cc12. The number of hydrogen-bond acceptors (Lipinski definition) is 5. The number of aliphatic hydroxyl groups excluding tert-OH is 1. The molecular formula is C24H29N5O2. The molecule has 3 aromatic heterocycles. The Kier molecular flexibility index (Phi) is 5.38. The highest BCUT2D eigenvalue weighted by Gasteiger charge is 2.21. The highest BCUT2D eigenvalue weighted by molar-refractivity contribution is 5.92. The number of hydrogen-bond donors (Lipinski definition) is 3. The number of nitrogens with zero attached hydrogens (tertiary/aromatic N) is 3. The van der Waals surface area contributed by atoms with Crippen LogP contribution in [0.25, 0.3) is 27.8 Å². The molecule has 0 saturated carbocycles. The van der Waals surface area contributed by atoms with Crippen LogP contribution in [-0.4, -0.2) is 51.0 Å². The quantitative estimate of drug-likeness (QED) is 0.442. The van der Waals surface area contributed by atoms with Gasteiger partial charge >= 0.3 is 0 Å². The predicted molar refractivity (Wildman–Crippen MR) is 122 cm³/mol. The average Bonchev–Trinajstić information content (AvgIpc) is 3.42. The number of nitrogens with one attached hydrogen (secondary N) is 2. The van der Waals surface area contributed by atoms with Crippen LogP contribution in [0.4, 0.5) is 0 Å². The molecule has 4 heterocycles. The molecular weight excluding hydrogens is 390 g/mol. The molecule has 0 unspecified atom stereocenters. The van der Waals surface area contributed by atoms with Gasteiger partial charge in [-0.25, -0.2) is 9.50 Å². The standard InChI is InChI=1S/C24H29N5O2/c1-15(2)22-19-11-17(16-5-7-25-8-6-16)3-4-20(19)28-23(22)18-12-21(31-10-9-30)24-26-14-27-29(24)13-18/h3-4,11-16,25,28,30H,5-10H2,1-2H3. The van der Waals surface area contributed by atoms with Crippen LogP contribution in [0.2, 0.25) is 0 Å². The minimum atomic E-state index is -0.0480. The van der Waals surface area contributed by atoms with Crippen LogP contribution in [0, 0.1) is 0 Å². The third kappa shape index (κ3) is 3.68. The maximum Gasteiger partial charge on any atom is 0.197 e. The van der Waals surface area contributed by atoms with E-state index in [9.17, 15) is 5.11 Å². The molecule has 1 fully saturated rings. The van der Waals surface area contributed by atoms with Gasteiger partial charge in [-0.1, -0.05) is 19.9 Å². The lowest BCUT2D eigenvalue weighted by Gasteiger charge is -2.23. The molecule has 0 aliphatic carbocycles. The summed E-state index contributed by atoms with van der Waals surface area (Å²) in [7, 11) is 0. The molecule has 0 bridgehead atoms. The summed E-state index contributed by atoms with van der Waals surface area (Å²) in [6.45, 7) is 6.82. The molecule has 7 heteroatoms. The molecule has 0 atom stereocenters. The van der Waals surface area contributed by atoms with Crippen LogP contribution in [0.15, 0.2) is 36.8 Å². The Hall–Kier alpha value is -2.90. The van der Waals surface area contributed by atoms with Crippen molar-refractivity contribution in [1.29, 1.82) is 0 Å². The van der Waals surface area contributed by atoms with Crippen LogP contribution in [0.3, 0.4) is 0 Å². The third-order valence-corrected chi connectivity index (χ3v) is 6.23. The lowest BCUT2D eigenvalue weighted by Crippen LogP contribution is -2.26. The van der Waals surface area contributed by atoms with Crippen LogP contribution in [0.1, 0.15) is 49.7 Å². The van der Waals surface area contributed by atoms with Crippen LogP contribution < -0.4 is 10.1 Å². The number of aromatic amines is 1. The summed E-state index contributed by atoms with van der Waals surface area (Å²) in [5.41, 5.74) is 6.60. The van der Waals surface area contributed by atoms with Crippen molar-refractivity contribution >= 4 is 16.6 Å². The zero-order valence-corrected chi connectivity index (χ0v) is 18.1. The largest absolute Gasteiger partial charge is 0.487 e. The molecule has 31 heavy (non-hydrogen) atoms. The topological polar surface area (TPSA) is 87.5 Å². The van der Waals surface area contributed by atoms with Crippen LogP contribution >= 0.6 is 0 Å². The summed E-state index contributed by atoms with van der Waals surface area (Å²) < 4.78 is 7.50. The molecule has 5 rings (SSSR count). The normalized spacial score (nSPS) is 15.4. The van der Waals surface area contributed by atoms with Crippen molar-refractivity contribution in [3.05, 3.63) is 47.9 Å². The number of aromatic nitrogens is 4. The van der Waals surface area contributed by atoms with Crippen molar-refractivity contribution in [2.45, 2.75) is 38.5 Å². The molecule has 3 N–H and O–H groups in total. The molecule has 0 amide bonds. The molecule has 1 aliphatic rings. The fourth-order valence-electron chi connectivity index (χ4n) is 4.76. The predicted octanol–water partition coefficient (Wildman–Crippen LogP) is 3.84. The number of pyridine rings is 1. The molecule has 1 aliphatic heterocycles. The molecule has 0 radical (unpaired) electrons. The van der Waals surface area contributed by atoms with E-state index in [0.717, 1.165) is 29.9 Å². The van der Waals surface area contributed by atoms with Gasteiger partial charge < -0.3 is 20.1 Å². The van der Waals surface area contributed by atoms with Crippen molar-refractivity contribution in [2.24, 2.45) is 0 Å². The first-order valence-corrected chi connectivity index (χ1v) is 11.1. The second-order valence-corrected chi connectivity index (χ2v) is 8.59. The molecule has 4 aromatic rings. The van der Waals surface area contributed by atoms with Gasteiger partial charge in [0.25, 0.3) is 0 Å². The van der Waals surface area contributed by atoms with E-state index in [1.807, 2.05) is 12.3 Å². The number of H-pyrrole nitrogens is 1. The van der Waals surface area contributed by atoms with E-state index in [4.69, 9.17) is 4.74 Å². The first-order chi connectivity index (χ1) is 15.2. The highest BCUT2D eigenvalue weighted by atomic mass is 16.5. The maximum atomic E-state index is 9.20. The van der Waals surface area contributed by atoms with Gasteiger partial charge in [-0.2, -0.15) is 5.10 Å². The molecule has 7 nitrogen and oxygen atoms in total. The fraction of sp³-hybridized carbons (Fsp3) is 0.417. The van der Waals surface area contributed by atoms with E-state index < -0.39 is 0 Å². The van der Waals surface area contributed by atoms with Gasteiger partial charge in [0, 0.05) is 22.7 Å². The summed E-state index contributed by atoms with van der Waals surface area (Å²) >= 11 is 0. The van der Waals surface area contributed by atoms with Crippen molar-refractivity contribution in [3.8, 4) is 17.0 Å². The van der Waals surface area contributed by atoms with Gasteiger partial charge in [-0.3, -0.25) is 0 Å². The van der Waals surface area contributed by atoms with Gasteiger partial charge in [0.1, 0.15) is 12.9 Å². The zero-order valence-electron chi connectivity index (χ0n) is 18.1. The first kappa shape index (κ1) is 20.0. The molecule has 162 valence electrons. The summed E-state index contributed by atoms with van der Waals surface area (Å²) in [5, 5.41) is 18.3. The molecule has 0 spiro atoms. The summed E-state index contributed by atoms with van der Waals surface area (Å²) in [5.74, 6) is 1.59. The minimum absolute atomic E-state index is 0.0480. The number of ether oxygens (including phenoxy) is 1. The van der Waals surface area contributed by atoms with Gasteiger partial charge in [0.15, 0.2) is 11.4 Å². The van der Waals surface area contributed by atoms with Crippen LogP contribution in [0.5, 0.6) is 5.75 Å². The summed E-state index contributed by atoms with van der Waals surface area (Å²) in [6, 6.07) is 8.88. The number of benzene rings is 1. The lowest BCUT2D eigenvalue weighted by molar-refractivity contribution is 0.202. The summed E-state index contributed by atoms with van der Waals surface area (Å²) in [4.78, 5) is 7.95. The van der Waals surface area contributed by atoms with Crippen molar-refractivity contribution in [1.82, 2.24) is 24.9 Å². The van der Waals surface area contributed by atoms with Crippen molar-refractivity contribution in [2.75, 3.05) is 26.3 Å². The van der Waals surface area contributed by atoms with Gasteiger partial charge in [-0.05, 0) is 67.1 Å². The smallest absolute Gasteiger partial charge is 0.197 e. The van der Waals surface area contributed by atoms with Gasteiger partial charge in [0.2, 0.25) is 0 Å². The molecule has 1 saturated heterocycles. The van der Waals surface area contributed by atoms with Crippen molar-refractivity contribution < 1.29 is 9.84 Å². The Balaban J connectivity index is 1.65. The Bertz CT molecular complexity index is 1200. The van der Waals surface area contributed by atoms with E-state index in [1.54, 1.807) is 4.52 Å². The third-order valence-electron chi connectivity index (χ3n) is 6.23. The monoisotopic (exact) mass is 419 g/mol. The van der Waals surface area contributed by atoms with Crippen LogP contribution in [-0.2, 0) is 0 Å². The number of aliphatic hydroxyl groups is 1. The maximum absolute atomic E-state index is 9.20. The number of piperidine rings is 1. The van der Waals surface area contributed by atoms with Gasteiger partial charge in [0.05, 0.1) is 12.3 Å². The second-order valence-electron chi connectivity index (χ2n) is 8.59. The molecule has 1 aromatic carbocycles. The zero-order chi connectivity index (χ0) is 21.4. The number of fused-ring (bicyclic) bond motifs is 2. The minimum Gasteiger partial charge on any atom is -0.487 e.